The lowest BCUT2D eigenvalue weighted by Crippen LogP contribution is -2.44. The first-order chi connectivity index (χ1) is 13.8. The predicted octanol–water partition coefficient (Wildman–Crippen LogP) is 2.33. The Hall–Kier alpha value is -3.03. The van der Waals surface area contributed by atoms with E-state index in [9.17, 15) is 4.79 Å². The highest BCUT2D eigenvalue weighted by Crippen LogP contribution is 2.12. The predicted molar refractivity (Wildman–Crippen MR) is 103 cm³/mol. The fourth-order valence-corrected chi connectivity index (χ4v) is 3.15. The first kappa shape index (κ1) is 18.3. The quantitative estimate of drug-likeness (QED) is 0.613. The topological polar surface area (TPSA) is 69.5 Å². The standard InChI is InChI=1S/C21H22N4O3/c26-21(20-13-22-25(23-20)18-9-5-2-6-10-18)28-16-19-15-24(11-12-27-19)14-17-7-3-1-4-8-17/h1-10,13,19H,11-12,14-16H2. The number of nitrogens with zero attached hydrogens (tertiary/aromatic N) is 4. The highest BCUT2D eigenvalue weighted by atomic mass is 16.6. The first-order valence-electron chi connectivity index (χ1n) is 9.31. The Bertz CT molecular complexity index is 898. The Balaban J connectivity index is 1.29. The van der Waals surface area contributed by atoms with Crippen LogP contribution in [0, 0.1) is 0 Å². The normalized spacial score (nSPS) is 17.4. The monoisotopic (exact) mass is 378 g/mol. The van der Waals surface area contributed by atoms with E-state index in [0.29, 0.717) is 6.61 Å². The van der Waals surface area contributed by atoms with Gasteiger partial charge >= 0.3 is 5.97 Å². The zero-order chi connectivity index (χ0) is 19.2. The van der Waals surface area contributed by atoms with E-state index in [2.05, 4.69) is 27.2 Å². The molecule has 4 rings (SSSR count). The lowest BCUT2D eigenvalue weighted by Gasteiger charge is -2.32. The number of hydrogen-bond donors (Lipinski definition) is 0. The van der Waals surface area contributed by atoms with Crippen molar-refractivity contribution in [2.75, 3.05) is 26.3 Å². The van der Waals surface area contributed by atoms with Crippen molar-refractivity contribution < 1.29 is 14.3 Å². The summed E-state index contributed by atoms with van der Waals surface area (Å²) in [4.78, 5) is 16.0. The molecule has 144 valence electrons. The zero-order valence-corrected chi connectivity index (χ0v) is 15.5. The molecule has 1 aliphatic rings. The van der Waals surface area contributed by atoms with Gasteiger partial charge in [0.2, 0.25) is 0 Å². The van der Waals surface area contributed by atoms with Crippen molar-refractivity contribution >= 4 is 5.97 Å². The van der Waals surface area contributed by atoms with Gasteiger partial charge in [-0.25, -0.2) is 4.79 Å². The van der Waals surface area contributed by atoms with Gasteiger partial charge in [-0.3, -0.25) is 4.90 Å². The molecule has 0 aliphatic carbocycles. The van der Waals surface area contributed by atoms with Crippen molar-refractivity contribution in [1.82, 2.24) is 19.9 Å². The highest BCUT2D eigenvalue weighted by molar-refractivity contribution is 5.86. The minimum Gasteiger partial charge on any atom is -0.458 e. The fourth-order valence-electron chi connectivity index (χ4n) is 3.15. The third-order valence-corrected chi connectivity index (χ3v) is 4.56. The zero-order valence-electron chi connectivity index (χ0n) is 15.5. The maximum absolute atomic E-state index is 12.3. The van der Waals surface area contributed by atoms with E-state index >= 15 is 0 Å². The summed E-state index contributed by atoms with van der Waals surface area (Å²) in [7, 11) is 0. The lowest BCUT2D eigenvalue weighted by atomic mass is 10.2. The van der Waals surface area contributed by atoms with E-state index in [1.807, 2.05) is 48.5 Å². The Morgan fingerprint density at radius 2 is 1.86 bits per heavy atom. The number of carbonyl (C=O) groups is 1. The number of para-hydroxylation sites is 1. The first-order valence-corrected chi connectivity index (χ1v) is 9.31. The molecule has 0 spiro atoms. The molecule has 2 heterocycles. The Kier molecular flexibility index (Phi) is 5.75. The number of esters is 1. The molecule has 1 aromatic heterocycles. The van der Waals surface area contributed by atoms with Crippen molar-refractivity contribution in [2.45, 2.75) is 12.6 Å². The molecule has 1 atom stereocenters. The summed E-state index contributed by atoms with van der Waals surface area (Å²) >= 11 is 0. The number of rotatable bonds is 6. The summed E-state index contributed by atoms with van der Waals surface area (Å²) in [6.07, 6.45) is 1.27. The number of hydrogen-bond acceptors (Lipinski definition) is 6. The molecular formula is C21H22N4O3. The summed E-state index contributed by atoms with van der Waals surface area (Å²) in [6.45, 7) is 3.27. The largest absolute Gasteiger partial charge is 0.458 e. The third-order valence-electron chi connectivity index (χ3n) is 4.56. The van der Waals surface area contributed by atoms with Gasteiger partial charge in [-0.1, -0.05) is 48.5 Å². The average Bonchev–Trinajstić information content (AvgIpc) is 3.24. The molecule has 0 radical (unpaired) electrons. The molecule has 0 bridgehead atoms. The van der Waals surface area contributed by atoms with Crippen molar-refractivity contribution in [3.05, 3.63) is 78.1 Å². The molecule has 2 aromatic carbocycles. The van der Waals surface area contributed by atoms with Crippen LogP contribution in [0.2, 0.25) is 0 Å². The molecule has 3 aromatic rings. The molecule has 0 N–H and O–H groups in total. The average molecular weight is 378 g/mol. The molecule has 7 nitrogen and oxygen atoms in total. The van der Waals surface area contributed by atoms with Crippen molar-refractivity contribution in [3.63, 3.8) is 0 Å². The van der Waals surface area contributed by atoms with Crippen LogP contribution in [0.4, 0.5) is 0 Å². The van der Waals surface area contributed by atoms with Crippen LogP contribution in [0.1, 0.15) is 16.1 Å². The van der Waals surface area contributed by atoms with Crippen LogP contribution in [0.15, 0.2) is 66.9 Å². The minimum absolute atomic E-state index is 0.148. The van der Waals surface area contributed by atoms with Crippen LogP contribution < -0.4 is 0 Å². The van der Waals surface area contributed by atoms with Crippen molar-refractivity contribution in [1.29, 1.82) is 0 Å². The van der Waals surface area contributed by atoms with E-state index in [-0.39, 0.29) is 18.4 Å². The van der Waals surface area contributed by atoms with Gasteiger partial charge in [0.15, 0.2) is 5.69 Å². The second-order valence-corrected chi connectivity index (χ2v) is 6.67. The van der Waals surface area contributed by atoms with Gasteiger partial charge in [-0.15, -0.1) is 5.10 Å². The second kappa shape index (κ2) is 8.77. The van der Waals surface area contributed by atoms with Gasteiger partial charge in [0.1, 0.15) is 12.7 Å². The smallest absolute Gasteiger partial charge is 0.360 e. The van der Waals surface area contributed by atoms with Crippen LogP contribution in [0.25, 0.3) is 5.69 Å². The summed E-state index contributed by atoms with van der Waals surface area (Å²) in [5.41, 5.74) is 2.23. The van der Waals surface area contributed by atoms with E-state index in [1.165, 1.54) is 16.6 Å². The Morgan fingerprint density at radius 1 is 1.11 bits per heavy atom. The van der Waals surface area contributed by atoms with Crippen LogP contribution >= 0.6 is 0 Å². The van der Waals surface area contributed by atoms with E-state index in [4.69, 9.17) is 9.47 Å². The van der Waals surface area contributed by atoms with Gasteiger partial charge < -0.3 is 9.47 Å². The van der Waals surface area contributed by atoms with Gasteiger partial charge in [0.05, 0.1) is 18.5 Å². The fraction of sp³-hybridized carbons (Fsp3) is 0.286. The van der Waals surface area contributed by atoms with Gasteiger partial charge in [-0.2, -0.15) is 9.90 Å². The van der Waals surface area contributed by atoms with Crippen LogP contribution in [-0.2, 0) is 16.0 Å². The molecule has 1 saturated heterocycles. The number of benzene rings is 2. The summed E-state index contributed by atoms with van der Waals surface area (Å²) in [6, 6.07) is 19.7. The molecule has 1 fully saturated rings. The second-order valence-electron chi connectivity index (χ2n) is 6.67. The van der Waals surface area contributed by atoms with Crippen LogP contribution in [0.3, 0.4) is 0 Å². The molecule has 1 aliphatic heterocycles. The van der Waals surface area contributed by atoms with Crippen molar-refractivity contribution in [2.24, 2.45) is 0 Å². The van der Waals surface area contributed by atoms with E-state index in [0.717, 1.165) is 25.3 Å². The van der Waals surface area contributed by atoms with Crippen molar-refractivity contribution in [3.8, 4) is 5.69 Å². The summed E-state index contributed by atoms with van der Waals surface area (Å²) in [5, 5.41) is 8.32. The lowest BCUT2D eigenvalue weighted by molar-refractivity contribution is -0.0613. The highest BCUT2D eigenvalue weighted by Gasteiger charge is 2.23. The molecule has 0 saturated carbocycles. The van der Waals surface area contributed by atoms with Gasteiger partial charge in [-0.05, 0) is 17.7 Å². The van der Waals surface area contributed by atoms with Crippen LogP contribution in [0.5, 0.6) is 0 Å². The van der Waals surface area contributed by atoms with Gasteiger partial charge in [0, 0.05) is 19.6 Å². The molecule has 1 unspecified atom stereocenters. The number of aromatic nitrogens is 3. The SMILES string of the molecule is O=C(OCC1CN(Cc2ccccc2)CCO1)c1cnn(-c2ccccc2)n1. The summed E-state index contributed by atoms with van der Waals surface area (Å²) < 4.78 is 11.2. The number of ether oxygens (including phenoxy) is 2. The Labute approximate surface area is 163 Å². The number of morpholine rings is 1. The van der Waals surface area contributed by atoms with E-state index in [1.54, 1.807) is 0 Å². The van der Waals surface area contributed by atoms with Crippen LogP contribution in [-0.4, -0.2) is 58.3 Å². The molecular weight excluding hydrogens is 356 g/mol. The maximum atomic E-state index is 12.3. The Morgan fingerprint density at radius 3 is 2.64 bits per heavy atom. The maximum Gasteiger partial charge on any atom is 0.360 e. The van der Waals surface area contributed by atoms with Gasteiger partial charge in [0.25, 0.3) is 0 Å². The summed E-state index contributed by atoms with van der Waals surface area (Å²) in [5.74, 6) is -0.494. The molecule has 7 heteroatoms. The van der Waals surface area contributed by atoms with E-state index < -0.39 is 5.97 Å². The minimum atomic E-state index is -0.494. The number of carbonyl (C=O) groups excluding carboxylic acids is 1. The molecule has 0 amide bonds. The third kappa shape index (κ3) is 4.62. The molecule has 28 heavy (non-hydrogen) atoms.